The lowest BCUT2D eigenvalue weighted by molar-refractivity contribution is -0.0163. The number of aromatic nitrogens is 2. The van der Waals surface area contributed by atoms with E-state index in [1.807, 2.05) is 31.5 Å². The fourth-order valence-electron chi connectivity index (χ4n) is 4.09. The van der Waals surface area contributed by atoms with Crippen molar-refractivity contribution in [1.82, 2.24) is 9.97 Å². The molecule has 0 unspecified atom stereocenters. The Morgan fingerprint density at radius 2 is 1.55 bits per heavy atom. The minimum absolute atomic E-state index is 0.0123. The van der Waals surface area contributed by atoms with E-state index in [1.54, 1.807) is 12.1 Å². The van der Waals surface area contributed by atoms with Crippen LogP contribution >= 0.6 is 0 Å². The summed E-state index contributed by atoms with van der Waals surface area (Å²) in [5.74, 6) is 0.426. The van der Waals surface area contributed by atoms with Crippen LogP contribution in [-0.2, 0) is 15.9 Å². The summed E-state index contributed by atoms with van der Waals surface area (Å²) in [6.07, 6.45) is 15.2. The molecule has 0 spiro atoms. The van der Waals surface area contributed by atoms with E-state index in [2.05, 4.69) is 16.9 Å². The molecule has 0 radical (unpaired) electrons. The van der Waals surface area contributed by atoms with Crippen molar-refractivity contribution < 1.29 is 14.3 Å². The molecule has 5 nitrogen and oxygen atoms in total. The zero-order valence-electron chi connectivity index (χ0n) is 19.0. The Labute approximate surface area is 186 Å². The van der Waals surface area contributed by atoms with Gasteiger partial charge < -0.3 is 9.47 Å². The van der Waals surface area contributed by atoms with Gasteiger partial charge in [0.05, 0.1) is 11.7 Å². The molecule has 1 aromatic carbocycles. The largest absolute Gasteiger partial charge is 0.459 e. The van der Waals surface area contributed by atoms with E-state index < -0.39 is 0 Å². The molecule has 0 saturated heterocycles. The molecule has 0 atom stereocenters. The molecule has 1 aliphatic carbocycles. The Balaban J connectivity index is 1.47. The van der Waals surface area contributed by atoms with Gasteiger partial charge in [-0.25, -0.2) is 14.8 Å². The number of rotatable bonds is 11. The molecule has 0 aliphatic heterocycles. The van der Waals surface area contributed by atoms with Crippen molar-refractivity contribution in [3.05, 3.63) is 47.8 Å². The maximum Gasteiger partial charge on any atom is 0.338 e. The summed E-state index contributed by atoms with van der Waals surface area (Å²) in [6.45, 7) is 4.99. The number of ether oxygens (including phenoxy) is 2. The van der Waals surface area contributed by atoms with Gasteiger partial charge in [0.25, 0.3) is 0 Å². The first-order valence-corrected chi connectivity index (χ1v) is 11.9. The van der Waals surface area contributed by atoms with Crippen LogP contribution < -0.4 is 0 Å². The van der Waals surface area contributed by atoms with Crippen molar-refractivity contribution >= 4 is 5.97 Å². The number of aryl methyl sites for hydroxylation is 1. The number of nitrogens with zero attached hydrogens (tertiary/aromatic N) is 2. The van der Waals surface area contributed by atoms with Gasteiger partial charge >= 0.3 is 5.97 Å². The number of carbonyl (C=O) groups excluding carboxylic acids is 1. The first-order chi connectivity index (χ1) is 15.2. The highest BCUT2D eigenvalue weighted by molar-refractivity contribution is 5.90. The first-order valence-electron chi connectivity index (χ1n) is 11.9. The Bertz CT molecular complexity index is 781. The molecule has 3 rings (SSSR count). The molecule has 1 aromatic heterocycles. The van der Waals surface area contributed by atoms with Crippen LogP contribution in [0.2, 0.25) is 0 Å². The van der Waals surface area contributed by atoms with Gasteiger partial charge in [-0.2, -0.15) is 0 Å². The van der Waals surface area contributed by atoms with Crippen molar-refractivity contribution in [2.75, 3.05) is 6.61 Å². The van der Waals surface area contributed by atoms with Crippen LogP contribution in [0.25, 0.3) is 11.4 Å². The van der Waals surface area contributed by atoms with E-state index in [1.165, 1.54) is 37.7 Å². The number of carbonyl (C=O) groups is 1. The van der Waals surface area contributed by atoms with Gasteiger partial charge in [-0.3, -0.25) is 0 Å². The second-order valence-corrected chi connectivity index (χ2v) is 8.42. The summed E-state index contributed by atoms with van der Waals surface area (Å²) >= 11 is 0. The van der Waals surface area contributed by atoms with E-state index in [0.717, 1.165) is 44.3 Å². The molecule has 1 fully saturated rings. The van der Waals surface area contributed by atoms with Crippen LogP contribution in [0.4, 0.5) is 0 Å². The SMILES string of the molecule is CCCCCCCc1cnc(-c2ccc(C(=O)OC3CCC(OCC)CC3)cc2)nc1. The third kappa shape index (κ3) is 7.42. The maximum absolute atomic E-state index is 12.5. The summed E-state index contributed by atoms with van der Waals surface area (Å²) in [5.41, 5.74) is 2.65. The lowest BCUT2D eigenvalue weighted by atomic mass is 9.95. The monoisotopic (exact) mass is 424 g/mol. The van der Waals surface area contributed by atoms with Crippen LogP contribution in [0.3, 0.4) is 0 Å². The molecular formula is C26H36N2O3. The predicted molar refractivity (Wildman–Crippen MR) is 123 cm³/mol. The molecule has 1 aliphatic rings. The van der Waals surface area contributed by atoms with Gasteiger partial charge in [0.2, 0.25) is 0 Å². The number of benzene rings is 1. The summed E-state index contributed by atoms with van der Waals surface area (Å²) in [4.78, 5) is 21.5. The van der Waals surface area contributed by atoms with Crippen molar-refractivity contribution in [2.45, 2.75) is 90.3 Å². The molecular weight excluding hydrogens is 388 g/mol. The fraction of sp³-hybridized carbons (Fsp3) is 0.577. The van der Waals surface area contributed by atoms with Gasteiger partial charge in [0.1, 0.15) is 6.10 Å². The van der Waals surface area contributed by atoms with Crippen LogP contribution in [0.5, 0.6) is 0 Å². The van der Waals surface area contributed by atoms with Crippen molar-refractivity contribution in [3.8, 4) is 11.4 Å². The zero-order valence-corrected chi connectivity index (χ0v) is 19.0. The minimum Gasteiger partial charge on any atom is -0.459 e. The highest BCUT2D eigenvalue weighted by atomic mass is 16.5. The van der Waals surface area contributed by atoms with Gasteiger partial charge in [-0.05, 0) is 63.1 Å². The Morgan fingerprint density at radius 3 is 2.19 bits per heavy atom. The van der Waals surface area contributed by atoms with Crippen LogP contribution in [0, 0.1) is 0 Å². The Morgan fingerprint density at radius 1 is 0.903 bits per heavy atom. The smallest absolute Gasteiger partial charge is 0.338 e. The maximum atomic E-state index is 12.5. The lowest BCUT2D eigenvalue weighted by Gasteiger charge is -2.28. The highest BCUT2D eigenvalue weighted by Gasteiger charge is 2.24. The standard InChI is InChI=1S/C26H36N2O3/c1-3-5-6-7-8-9-20-18-27-25(28-19-20)21-10-12-22(13-11-21)26(29)31-24-16-14-23(15-17-24)30-4-2/h10-13,18-19,23-24H,3-9,14-17H2,1-2H3. The number of hydrogen-bond acceptors (Lipinski definition) is 5. The van der Waals surface area contributed by atoms with Crippen LogP contribution in [0.15, 0.2) is 36.7 Å². The second kappa shape index (κ2) is 12.6. The summed E-state index contributed by atoms with van der Waals surface area (Å²) in [7, 11) is 0. The van der Waals surface area contributed by atoms with Crippen molar-refractivity contribution in [1.29, 1.82) is 0 Å². The van der Waals surface area contributed by atoms with Gasteiger partial charge in [-0.1, -0.05) is 44.7 Å². The van der Waals surface area contributed by atoms with E-state index in [4.69, 9.17) is 9.47 Å². The molecule has 168 valence electrons. The normalized spacial score (nSPS) is 18.6. The van der Waals surface area contributed by atoms with Gasteiger partial charge in [0, 0.05) is 24.6 Å². The summed E-state index contributed by atoms with van der Waals surface area (Å²) < 4.78 is 11.4. The Hall–Kier alpha value is -2.27. The number of hydrogen-bond donors (Lipinski definition) is 0. The molecule has 1 saturated carbocycles. The van der Waals surface area contributed by atoms with E-state index >= 15 is 0 Å². The molecule has 0 N–H and O–H groups in total. The third-order valence-corrected chi connectivity index (χ3v) is 5.95. The van der Waals surface area contributed by atoms with Crippen molar-refractivity contribution in [2.24, 2.45) is 0 Å². The highest BCUT2D eigenvalue weighted by Crippen LogP contribution is 2.25. The van der Waals surface area contributed by atoms with Crippen LogP contribution in [-0.4, -0.2) is 34.8 Å². The fourth-order valence-corrected chi connectivity index (χ4v) is 4.09. The zero-order chi connectivity index (χ0) is 21.9. The van der Waals surface area contributed by atoms with Crippen molar-refractivity contribution in [3.63, 3.8) is 0 Å². The second-order valence-electron chi connectivity index (χ2n) is 8.42. The lowest BCUT2D eigenvalue weighted by Crippen LogP contribution is -2.28. The third-order valence-electron chi connectivity index (χ3n) is 5.95. The average molecular weight is 425 g/mol. The van der Waals surface area contributed by atoms with E-state index in [-0.39, 0.29) is 12.1 Å². The summed E-state index contributed by atoms with van der Waals surface area (Å²) in [6, 6.07) is 7.38. The van der Waals surface area contributed by atoms with Gasteiger partial charge in [0.15, 0.2) is 5.82 Å². The molecule has 0 bridgehead atoms. The Kier molecular flexibility index (Phi) is 9.47. The molecule has 2 aromatic rings. The molecule has 0 amide bonds. The number of esters is 1. The van der Waals surface area contributed by atoms with Gasteiger partial charge in [-0.15, -0.1) is 0 Å². The predicted octanol–water partition coefficient (Wildman–Crippen LogP) is 6.16. The number of unbranched alkanes of at least 4 members (excludes halogenated alkanes) is 4. The topological polar surface area (TPSA) is 61.3 Å². The molecule has 1 heterocycles. The average Bonchev–Trinajstić information content (AvgIpc) is 2.81. The first kappa shape index (κ1) is 23.4. The van der Waals surface area contributed by atoms with E-state index in [0.29, 0.717) is 17.5 Å². The summed E-state index contributed by atoms with van der Waals surface area (Å²) in [5, 5.41) is 0. The molecule has 31 heavy (non-hydrogen) atoms. The van der Waals surface area contributed by atoms with Crippen LogP contribution in [0.1, 0.15) is 87.6 Å². The molecule has 5 heteroatoms. The van der Waals surface area contributed by atoms with E-state index in [9.17, 15) is 4.79 Å². The quantitative estimate of drug-likeness (QED) is 0.319. The minimum atomic E-state index is -0.259.